The monoisotopic (exact) mass is 310 g/mol. The van der Waals surface area contributed by atoms with Gasteiger partial charge in [0.2, 0.25) is 11.8 Å². The second-order valence-electron chi connectivity index (χ2n) is 6.88. The second kappa shape index (κ2) is 6.54. The molecular weight excluding hydrogens is 284 g/mol. The maximum absolute atomic E-state index is 11.9. The summed E-state index contributed by atoms with van der Waals surface area (Å²) in [5.74, 6) is 0.778. The smallest absolute Gasteiger partial charge is 0.248 e. The van der Waals surface area contributed by atoms with Crippen LogP contribution in [0, 0.1) is 5.92 Å². The number of nitrogens with zero attached hydrogens (tertiary/aromatic N) is 2. The van der Waals surface area contributed by atoms with Crippen molar-refractivity contribution in [1.29, 1.82) is 0 Å². The van der Waals surface area contributed by atoms with Gasteiger partial charge >= 0.3 is 0 Å². The number of likely N-dealkylation sites (tertiary alicyclic amines) is 2. The van der Waals surface area contributed by atoms with Crippen LogP contribution in [-0.4, -0.2) is 73.7 Å². The first kappa shape index (κ1) is 15.7. The van der Waals surface area contributed by atoms with Crippen molar-refractivity contribution in [2.24, 2.45) is 5.92 Å². The van der Waals surface area contributed by atoms with Gasteiger partial charge in [-0.25, -0.2) is 0 Å². The van der Waals surface area contributed by atoms with Gasteiger partial charge in [-0.15, -0.1) is 0 Å². The van der Waals surface area contributed by atoms with Crippen molar-refractivity contribution in [1.82, 2.24) is 9.80 Å². The third-order valence-electron chi connectivity index (χ3n) is 5.11. The minimum atomic E-state index is -0.133. The predicted molar refractivity (Wildman–Crippen MR) is 80.3 cm³/mol. The van der Waals surface area contributed by atoms with Crippen molar-refractivity contribution < 1.29 is 19.1 Å². The predicted octanol–water partition coefficient (Wildman–Crippen LogP) is 0.653. The highest BCUT2D eigenvalue weighted by Gasteiger charge is 2.48. The fourth-order valence-corrected chi connectivity index (χ4v) is 3.72. The standard InChI is InChI=1S/C16H26N2O4/c1-21-10-15(20)18-11-16(12-18)6-5-13(9-22-16)8-17-7-3-2-4-14(17)19/h13H,2-12H2,1H3/t13-/m0/s1. The van der Waals surface area contributed by atoms with Crippen LogP contribution in [0.4, 0.5) is 0 Å². The molecule has 6 nitrogen and oxygen atoms in total. The number of hydrogen-bond acceptors (Lipinski definition) is 4. The zero-order chi connectivity index (χ0) is 15.6. The molecule has 0 unspecified atom stereocenters. The lowest BCUT2D eigenvalue weighted by Crippen LogP contribution is -2.67. The molecule has 2 amide bonds. The van der Waals surface area contributed by atoms with Gasteiger partial charge in [0.05, 0.1) is 19.7 Å². The average molecular weight is 310 g/mol. The summed E-state index contributed by atoms with van der Waals surface area (Å²) in [7, 11) is 1.54. The van der Waals surface area contributed by atoms with Gasteiger partial charge in [-0.05, 0) is 25.7 Å². The van der Waals surface area contributed by atoms with Crippen LogP contribution in [0.3, 0.4) is 0 Å². The van der Waals surface area contributed by atoms with E-state index in [1.54, 1.807) is 4.90 Å². The van der Waals surface area contributed by atoms with E-state index < -0.39 is 0 Å². The molecule has 3 heterocycles. The van der Waals surface area contributed by atoms with Crippen molar-refractivity contribution >= 4 is 11.8 Å². The van der Waals surface area contributed by atoms with Crippen LogP contribution in [0.2, 0.25) is 0 Å². The van der Waals surface area contributed by atoms with Crippen molar-refractivity contribution in [3.63, 3.8) is 0 Å². The van der Waals surface area contributed by atoms with Gasteiger partial charge < -0.3 is 19.3 Å². The summed E-state index contributed by atoms with van der Waals surface area (Å²) in [6, 6.07) is 0. The number of hydrogen-bond donors (Lipinski definition) is 0. The molecule has 3 rings (SSSR count). The van der Waals surface area contributed by atoms with Crippen LogP contribution in [0.25, 0.3) is 0 Å². The largest absolute Gasteiger partial charge is 0.375 e. The van der Waals surface area contributed by atoms with Crippen LogP contribution in [-0.2, 0) is 19.1 Å². The summed E-state index contributed by atoms with van der Waals surface area (Å²) in [5, 5.41) is 0. The van der Waals surface area contributed by atoms with Gasteiger partial charge in [-0.2, -0.15) is 0 Å². The van der Waals surface area contributed by atoms with Gasteiger partial charge in [-0.1, -0.05) is 0 Å². The van der Waals surface area contributed by atoms with Crippen molar-refractivity contribution in [2.45, 2.75) is 37.7 Å². The first-order valence-corrected chi connectivity index (χ1v) is 8.30. The highest BCUT2D eigenvalue weighted by atomic mass is 16.5. The number of methoxy groups -OCH3 is 1. The first-order chi connectivity index (χ1) is 10.6. The fraction of sp³-hybridized carbons (Fsp3) is 0.875. The summed E-state index contributed by atoms with van der Waals surface area (Å²) in [5.41, 5.74) is -0.133. The van der Waals surface area contributed by atoms with Gasteiger partial charge in [0.1, 0.15) is 12.2 Å². The van der Waals surface area contributed by atoms with E-state index in [1.807, 2.05) is 4.90 Å². The van der Waals surface area contributed by atoms with E-state index in [9.17, 15) is 9.59 Å². The van der Waals surface area contributed by atoms with Crippen LogP contribution < -0.4 is 0 Å². The van der Waals surface area contributed by atoms with Crippen molar-refractivity contribution in [3.8, 4) is 0 Å². The Morgan fingerprint density at radius 3 is 2.86 bits per heavy atom. The molecule has 3 aliphatic rings. The molecular formula is C16H26N2O4. The number of amides is 2. The number of piperidine rings is 1. The van der Waals surface area contributed by atoms with Crippen molar-refractivity contribution in [2.75, 3.05) is 46.5 Å². The molecule has 0 N–H and O–H groups in total. The molecule has 0 bridgehead atoms. The Morgan fingerprint density at radius 1 is 1.41 bits per heavy atom. The third-order valence-corrected chi connectivity index (χ3v) is 5.11. The number of rotatable bonds is 4. The SMILES string of the molecule is COCC(=O)N1CC2(CC[C@@H](CN3CCCCC3=O)CO2)C1. The van der Waals surface area contributed by atoms with Gasteiger partial charge in [0, 0.05) is 32.5 Å². The topological polar surface area (TPSA) is 59.1 Å². The zero-order valence-electron chi connectivity index (χ0n) is 13.4. The highest BCUT2D eigenvalue weighted by molar-refractivity contribution is 5.78. The summed E-state index contributed by atoms with van der Waals surface area (Å²) >= 11 is 0. The summed E-state index contributed by atoms with van der Waals surface area (Å²) < 4.78 is 11.0. The summed E-state index contributed by atoms with van der Waals surface area (Å²) in [4.78, 5) is 27.4. The second-order valence-corrected chi connectivity index (χ2v) is 6.88. The molecule has 3 fully saturated rings. The van der Waals surface area contributed by atoms with E-state index in [2.05, 4.69) is 0 Å². The lowest BCUT2D eigenvalue weighted by molar-refractivity contribution is -0.192. The molecule has 124 valence electrons. The Morgan fingerprint density at radius 2 is 2.23 bits per heavy atom. The first-order valence-electron chi connectivity index (χ1n) is 8.30. The van der Waals surface area contributed by atoms with E-state index in [4.69, 9.17) is 9.47 Å². The van der Waals surface area contributed by atoms with Crippen LogP contribution in [0.15, 0.2) is 0 Å². The Kier molecular flexibility index (Phi) is 4.68. The van der Waals surface area contributed by atoms with E-state index >= 15 is 0 Å². The molecule has 1 atom stereocenters. The minimum absolute atomic E-state index is 0.0396. The zero-order valence-corrected chi connectivity index (χ0v) is 13.4. The highest BCUT2D eigenvalue weighted by Crippen LogP contribution is 2.36. The lowest BCUT2D eigenvalue weighted by atomic mass is 9.82. The Labute approximate surface area is 131 Å². The molecule has 0 aromatic rings. The molecule has 0 aromatic carbocycles. The van der Waals surface area contributed by atoms with E-state index in [-0.39, 0.29) is 18.1 Å². The maximum atomic E-state index is 11.9. The number of carbonyl (C=O) groups is 2. The quantitative estimate of drug-likeness (QED) is 0.765. The lowest BCUT2D eigenvalue weighted by Gasteiger charge is -2.53. The van der Waals surface area contributed by atoms with Crippen molar-refractivity contribution in [3.05, 3.63) is 0 Å². The molecule has 0 aromatic heterocycles. The van der Waals surface area contributed by atoms with Crippen LogP contribution in [0.5, 0.6) is 0 Å². The van der Waals surface area contributed by atoms with Gasteiger partial charge in [-0.3, -0.25) is 9.59 Å². The minimum Gasteiger partial charge on any atom is -0.375 e. The van der Waals surface area contributed by atoms with E-state index in [0.29, 0.717) is 37.9 Å². The molecule has 0 radical (unpaired) electrons. The molecule has 22 heavy (non-hydrogen) atoms. The number of carbonyl (C=O) groups excluding carboxylic acids is 2. The Balaban J connectivity index is 1.42. The normalized spacial score (nSPS) is 27.9. The van der Waals surface area contributed by atoms with E-state index in [1.165, 1.54) is 7.11 Å². The molecule has 3 aliphatic heterocycles. The summed E-state index contributed by atoms with van der Waals surface area (Å²) in [6.07, 6.45) is 4.92. The fourth-order valence-electron chi connectivity index (χ4n) is 3.72. The van der Waals surface area contributed by atoms with Gasteiger partial charge in [0.15, 0.2) is 0 Å². The third kappa shape index (κ3) is 3.27. The van der Waals surface area contributed by atoms with Crippen LogP contribution in [0.1, 0.15) is 32.1 Å². The molecule has 0 aliphatic carbocycles. The van der Waals surface area contributed by atoms with Gasteiger partial charge in [0.25, 0.3) is 0 Å². The molecule has 0 saturated carbocycles. The Hall–Kier alpha value is -1.14. The average Bonchev–Trinajstić information content (AvgIpc) is 2.48. The maximum Gasteiger partial charge on any atom is 0.248 e. The molecule has 6 heteroatoms. The molecule has 3 saturated heterocycles. The molecule has 1 spiro atoms. The van der Waals surface area contributed by atoms with Crippen LogP contribution >= 0.6 is 0 Å². The Bertz CT molecular complexity index is 424. The van der Waals surface area contributed by atoms with E-state index in [0.717, 1.165) is 38.8 Å². The number of ether oxygens (including phenoxy) is 2. The summed E-state index contributed by atoms with van der Waals surface area (Å²) in [6.45, 7) is 3.96.